The number of allylic oxidation sites excluding steroid dienone is 1. The van der Waals surface area contributed by atoms with E-state index >= 15 is 0 Å². The Morgan fingerprint density at radius 3 is 2.42 bits per heavy atom. The number of ether oxygens (including phenoxy) is 1. The summed E-state index contributed by atoms with van der Waals surface area (Å²) in [6, 6.07) is 1.37. The number of nitrogens with zero attached hydrogens (tertiary/aromatic N) is 1. The van der Waals surface area contributed by atoms with Crippen LogP contribution in [0.2, 0.25) is 0 Å². The number of ketones is 1. The molecule has 0 aromatic rings. The SMILES string of the molecule is C=C[C@]1(C)C[C@@H](OC(=O)CS[C@@H]2C[C@H]3CC[C@@H](C2)N3C)[C@]2(C)[C@H](C)CC[C@]3(CCC(=O)[C@H]32)[C@@H](C)[C@@H]1C. The molecule has 36 heavy (non-hydrogen) atoms. The lowest BCUT2D eigenvalue weighted by molar-refractivity contribution is -0.196. The lowest BCUT2D eigenvalue weighted by Gasteiger charge is -2.62. The van der Waals surface area contributed by atoms with Crippen molar-refractivity contribution in [1.82, 2.24) is 4.90 Å². The second-order valence-electron chi connectivity index (χ2n) is 13.9. The Kier molecular flexibility index (Phi) is 7.02. The molecule has 0 spiro atoms. The Labute approximate surface area is 223 Å². The third-order valence-corrected chi connectivity index (χ3v) is 14.0. The number of thioether (sulfide) groups is 1. The minimum atomic E-state index is -0.322. The maximum absolute atomic E-state index is 13.6. The highest BCUT2D eigenvalue weighted by Crippen LogP contribution is 2.69. The van der Waals surface area contributed by atoms with Crippen molar-refractivity contribution in [2.75, 3.05) is 12.8 Å². The van der Waals surface area contributed by atoms with Gasteiger partial charge >= 0.3 is 5.97 Å². The lowest BCUT2D eigenvalue weighted by atomic mass is 9.42. The summed E-state index contributed by atoms with van der Waals surface area (Å²) in [7, 11) is 2.26. The van der Waals surface area contributed by atoms with Crippen molar-refractivity contribution in [2.24, 2.45) is 39.9 Å². The average molecular weight is 516 g/mol. The Hall–Kier alpha value is -0.810. The highest BCUT2D eigenvalue weighted by Gasteiger charge is 2.67. The van der Waals surface area contributed by atoms with E-state index in [1.807, 2.05) is 11.8 Å². The molecule has 5 heteroatoms. The number of fused-ring (bicyclic) bond motifs is 2. The number of carbonyl (C=O) groups excluding carboxylic acids is 2. The van der Waals surface area contributed by atoms with E-state index in [0.29, 0.717) is 53.0 Å². The topological polar surface area (TPSA) is 46.6 Å². The van der Waals surface area contributed by atoms with Crippen LogP contribution < -0.4 is 0 Å². The highest BCUT2D eigenvalue weighted by atomic mass is 32.2. The smallest absolute Gasteiger partial charge is 0.316 e. The van der Waals surface area contributed by atoms with Gasteiger partial charge in [0.25, 0.3) is 0 Å². The molecule has 0 radical (unpaired) electrons. The second kappa shape index (κ2) is 9.43. The predicted octanol–water partition coefficient (Wildman–Crippen LogP) is 6.53. The van der Waals surface area contributed by atoms with Crippen molar-refractivity contribution in [2.45, 2.75) is 116 Å². The highest BCUT2D eigenvalue weighted by molar-refractivity contribution is 8.00. The van der Waals surface area contributed by atoms with Gasteiger partial charge in [0.1, 0.15) is 11.9 Å². The summed E-state index contributed by atoms with van der Waals surface area (Å²) in [6.07, 6.45) is 11.5. The van der Waals surface area contributed by atoms with Gasteiger partial charge in [-0.3, -0.25) is 9.59 Å². The Morgan fingerprint density at radius 2 is 1.78 bits per heavy atom. The van der Waals surface area contributed by atoms with Crippen LogP contribution in [0.3, 0.4) is 0 Å². The normalized spacial score (nSPS) is 50.8. The van der Waals surface area contributed by atoms with Crippen molar-refractivity contribution in [3.05, 3.63) is 12.7 Å². The van der Waals surface area contributed by atoms with Gasteiger partial charge in [-0.05, 0) is 87.0 Å². The second-order valence-corrected chi connectivity index (χ2v) is 15.2. The quantitative estimate of drug-likeness (QED) is 0.308. The van der Waals surface area contributed by atoms with Crippen molar-refractivity contribution in [1.29, 1.82) is 0 Å². The van der Waals surface area contributed by atoms with Crippen LogP contribution in [0, 0.1) is 39.9 Å². The number of hydrogen-bond donors (Lipinski definition) is 0. The largest absolute Gasteiger partial charge is 0.461 e. The molecule has 2 saturated heterocycles. The Bertz CT molecular complexity index is 892. The van der Waals surface area contributed by atoms with Crippen molar-refractivity contribution >= 4 is 23.5 Å². The molecule has 0 unspecified atom stereocenters. The molecule has 0 amide bonds. The molecular formula is C31H49NO3S. The van der Waals surface area contributed by atoms with Gasteiger partial charge < -0.3 is 9.64 Å². The number of hydrogen-bond acceptors (Lipinski definition) is 5. The molecule has 5 aliphatic rings. The average Bonchev–Trinajstić information content (AvgIpc) is 3.28. The van der Waals surface area contributed by atoms with Crippen LogP contribution in [0.5, 0.6) is 0 Å². The van der Waals surface area contributed by atoms with Crippen molar-refractivity contribution in [3.63, 3.8) is 0 Å². The van der Waals surface area contributed by atoms with E-state index in [9.17, 15) is 9.59 Å². The zero-order valence-electron chi connectivity index (χ0n) is 23.6. The Balaban J connectivity index is 1.39. The van der Waals surface area contributed by atoms with Gasteiger partial charge in [0, 0.05) is 35.1 Å². The first kappa shape index (κ1) is 26.8. The molecule has 0 aromatic heterocycles. The first-order chi connectivity index (χ1) is 17.0. The van der Waals surface area contributed by atoms with Crippen LogP contribution >= 0.6 is 11.8 Å². The summed E-state index contributed by atoms with van der Waals surface area (Å²) < 4.78 is 6.53. The maximum atomic E-state index is 13.6. The van der Waals surface area contributed by atoms with E-state index < -0.39 is 0 Å². The molecule has 3 aliphatic carbocycles. The van der Waals surface area contributed by atoms with Crippen molar-refractivity contribution < 1.29 is 14.3 Å². The third kappa shape index (κ3) is 3.96. The number of carbonyl (C=O) groups is 2. The van der Waals surface area contributed by atoms with E-state index in [2.05, 4.69) is 59.2 Å². The minimum absolute atomic E-state index is 0.00414. The maximum Gasteiger partial charge on any atom is 0.316 e. The number of Topliss-reactive ketones (excluding diaryl/α,β-unsaturated/α-hetero) is 1. The fourth-order valence-electron chi connectivity index (χ4n) is 9.69. The van der Waals surface area contributed by atoms with Gasteiger partial charge in [-0.15, -0.1) is 18.3 Å². The molecule has 0 N–H and O–H groups in total. The van der Waals surface area contributed by atoms with E-state index in [1.165, 1.54) is 25.7 Å². The molecule has 4 nitrogen and oxygen atoms in total. The van der Waals surface area contributed by atoms with Crippen LogP contribution in [0.25, 0.3) is 0 Å². The van der Waals surface area contributed by atoms with E-state index in [-0.39, 0.29) is 34.2 Å². The fraction of sp³-hybridized carbons (Fsp3) is 0.871. The van der Waals surface area contributed by atoms with Gasteiger partial charge in [-0.2, -0.15) is 0 Å². The first-order valence-electron chi connectivity index (χ1n) is 14.7. The van der Waals surface area contributed by atoms with E-state index in [0.717, 1.165) is 25.7 Å². The molecule has 2 aliphatic heterocycles. The zero-order chi connectivity index (χ0) is 26.0. The molecule has 4 bridgehead atoms. The van der Waals surface area contributed by atoms with Gasteiger partial charge in [-0.1, -0.05) is 40.7 Å². The van der Waals surface area contributed by atoms with Crippen LogP contribution in [0.1, 0.15) is 92.4 Å². The molecular weight excluding hydrogens is 466 g/mol. The van der Waals surface area contributed by atoms with Gasteiger partial charge in [-0.25, -0.2) is 0 Å². The number of piperidine rings is 1. The molecule has 3 saturated carbocycles. The molecule has 5 fully saturated rings. The summed E-state index contributed by atoms with van der Waals surface area (Å²) in [5.41, 5.74) is -0.431. The fourth-order valence-corrected chi connectivity index (χ4v) is 10.8. The first-order valence-corrected chi connectivity index (χ1v) is 15.7. The monoisotopic (exact) mass is 515 g/mol. The number of esters is 1. The minimum Gasteiger partial charge on any atom is -0.461 e. The number of rotatable bonds is 5. The van der Waals surface area contributed by atoms with Gasteiger partial charge in [0.2, 0.25) is 0 Å². The van der Waals surface area contributed by atoms with Crippen LogP contribution in [0.15, 0.2) is 12.7 Å². The summed E-state index contributed by atoms with van der Waals surface area (Å²) in [5.74, 6) is 1.93. The molecule has 0 aromatic carbocycles. The van der Waals surface area contributed by atoms with Crippen LogP contribution in [-0.4, -0.2) is 52.9 Å². The summed E-state index contributed by atoms with van der Waals surface area (Å²) in [6.45, 7) is 15.9. The zero-order valence-corrected chi connectivity index (χ0v) is 24.4. The molecule has 202 valence electrons. The third-order valence-electron chi connectivity index (χ3n) is 12.7. The van der Waals surface area contributed by atoms with Crippen LogP contribution in [0.4, 0.5) is 0 Å². The van der Waals surface area contributed by atoms with Crippen molar-refractivity contribution in [3.8, 4) is 0 Å². The lowest BCUT2D eigenvalue weighted by Crippen LogP contribution is -2.61. The molecule has 2 heterocycles. The summed E-state index contributed by atoms with van der Waals surface area (Å²) in [4.78, 5) is 29.6. The molecule has 5 rings (SSSR count). The summed E-state index contributed by atoms with van der Waals surface area (Å²) in [5, 5.41) is 0.552. The van der Waals surface area contributed by atoms with E-state index in [4.69, 9.17) is 4.74 Å². The molecule has 11 atom stereocenters. The van der Waals surface area contributed by atoms with Crippen LogP contribution in [-0.2, 0) is 14.3 Å². The Morgan fingerprint density at radius 1 is 1.11 bits per heavy atom. The predicted molar refractivity (Wildman–Crippen MR) is 148 cm³/mol. The van der Waals surface area contributed by atoms with Gasteiger partial charge in [0.15, 0.2) is 0 Å². The van der Waals surface area contributed by atoms with Gasteiger partial charge in [0.05, 0.1) is 5.75 Å². The standard InChI is InChI=1S/C31H49NO3S/c1-8-29(5)17-26(35-27(34)18-36-24-15-22-9-10-23(16-24)32(22)7)30(6)19(2)11-13-31(21(4)20(29)3)14-12-25(33)28(30)31/h8,19-24,26,28H,1,9-18H2,2-7H3/t19-,20+,21+,22-,23+,24-,26-,28+,29-,30+,31+/m1/s1. The van der Waals surface area contributed by atoms with E-state index in [1.54, 1.807) is 0 Å². The summed E-state index contributed by atoms with van der Waals surface area (Å²) >= 11 is 1.81.